The molecule has 0 radical (unpaired) electrons. The number of nitrogens with one attached hydrogen (secondary N) is 1. The summed E-state index contributed by atoms with van der Waals surface area (Å²) in [6.45, 7) is 5.15. The molecule has 3 aromatic rings. The summed E-state index contributed by atoms with van der Waals surface area (Å²) in [4.78, 5) is 25.7. The Labute approximate surface area is 171 Å². The molecule has 29 heavy (non-hydrogen) atoms. The van der Waals surface area contributed by atoms with Gasteiger partial charge in [-0.1, -0.05) is 60.7 Å². The minimum absolute atomic E-state index is 0.180. The zero-order chi connectivity index (χ0) is 19.9. The lowest BCUT2D eigenvalue weighted by Crippen LogP contribution is -2.46. The van der Waals surface area contributed by atoms with Crippen molar-refractivity contribution in [2.75, 3.05) is 31.1 Å². The van der Waals surface area contributed by atoms with Gasteiger partial charge < -0.3 is 10.2 Å². The Balaban J connectivity index is 1.32. The largest absolute Gasteiger partial charge is 0.354 e. The first kappa shape index (κ1) is 19.1. The average Bonchev–Trinajstić information content (AvgIpc) is 2.79. The summed E-state index contributed by atoms with van der Waals surface area (Å²) < 4.78 is 0. The monoisotopic (exact) mass is 387 g/mol. The number of piperazine rings is 1. The van der Waals surface area contributed by atoms with Crippen molar-refractivity contribution in [3.8, 4) is 0 Å². The third-order valence-electron chi connectivity index (χ3n) is 5.13. The van der Waals surface area contributed by atoms with E-state index in [1.807, 2.05) is 36.4 Å². The third kappa shape index (κ3) is 5.18. The van der Waals surface area contributed by atoms with E-state index in [-0.39, 0.29) is 5.91 Å². The van der Waals surface area contributed by atoms with E-state index < -0.39 is 0 Å². The van der Waals surface area contributed by atoms with Crippen molar-refractivity contribution in [2.45, 2.75) is 13.1 Å². The third-order valence-corrected chi connectivity index (χ3v) is 5.13. The molecule has 0 spiro atoms. The van der Waals surface area contributed by atoms with Gasteiger partial charge in [0.2, 0.25) is 0 Å². The maximum Gasteiger partial charge on any atom is 0.270 e. The van der Waals surface area contributed by atoms with Crippen LogP contribution in [-0.4, -0.2) is 47.0 Å². The standard InChI is InChI=1S/C23H25N5O/c29-23(24-16-19-7-3-1-4-8-19)21-15-22(26-18-25-21)28-13-11-27(12-14-28)17-20-9-5-2-6-10-20/h1-10,15,18H,11-14,16-17H2,(H,24,29). The molecule has 1 N–H and O–H groups in total. The Bertz CT molecular complexity index is 924. The molecule has 0 unspecified atom stereocenters. The zero-order valence-electron chi connectivity index (χ0n) is 16.4. The van der Waals surface area contributed by atoms with Crippen molar-refractivity contribution in [3.63, 3.8) is 0 Å². The van der Waals surface area contributed by atoms with Gasteiger partial charge in [0.15, 0.2) is 0 Å². The second kappa shape index (κ2) is 9.30. The van der Waals surface area contributed by atoms with Crippen LogP contribution in [0, 0.1) is 0 Å². The van der Waals surface area contributed by atoms with E-state index in [9.17, 15) is 4.79 Å². The molecule has 4 rings (SSSR count). The van der Waals surface area contributed by atoms with Gasteiger partial charge in [0.05, 0.1) is 0 Å². The van der Waals surface area contributed by atoms with Gasteiger partial charge >= 0.3 is 0 Å². The lowest BCUT2D eigenvalue weighted by molar-refractivity contribution is 0.0945. The van der Waals surface area contributed by atoms with E-state index in [1.165, 1.54) is 11.9 Å². The van der Waals surface area contributed by atoms with Crippen molar-refractivity contribution in [1.82, 2.24) is 20.2 Å². The van der Waals surface area contributed by atoms with Crippen molar-refractivity contribution in [3.05, 3.63) is 89.9 Å². The molecule has 148 valence electrons. The van der Waals surface area contributed by atoms with Gasteiger partial charge in [-0.15, -0.1) is 0 Å². The number of carbonyl (C=O) groups is 1. The van der Waals surface area contributed by atoms with Crippen LogP contribution in [-0.2, 0) is 13.1 Å². The molecular formula is C23H25N5O. The van der Waals surface area contributed by atoms with E-state index in [4.69, 9.17) is 0 Å². The summed E-state index contributed by atoms with van der Waals surface area (Å²) in [7, 11) is 0. The highest BCUT2D eigenvalue weighted by Crippen LogP contribution is 2.15. The smallest absolute Gasteiger partial charge is 0.270 e. The van der Waals surface area contributed by atoms with Crippen LogP contribution in [0.25, 0.3) is 0 Å². The maximum atomic E-state index is 12.5. The van der Waals surface area contributed by atoms with Crippen molar-refractivity contribution in [2.24, 2.45) is 0 Å². The van der Waals surface area contributed by atoms with Crippen LogP contribution in [0.15, 0.2) is 73.1 Å². The van der Waals surface area contributed by atoms with Crippen LogP contribution in [0.2, 0.25) is 0 Å². The molecule has 1 aliphatic heterocycles. The summed E-state index contributed by atoms with van der Waals surface area (Å²) in [5.41, 5.74) is 2.79. The lowest BCUT2D eigenvalue weighted by Gasteiger charge is -2.35. The molecule has 2 aromatic carbocycles. The van der Waals surface area contributed by atoms with E-state index >= 15 is 0 Å². The SMILES string of the molecule is O=C(NCc1ccccc1)c1cc(N2CCN(Cc3ccccc3)CC2)ncn1. The molecule has 6 nitrogen and oxygen atoms in total. The minimum atomic E-state index is -0.180. The number of rotatable bonds is 6. The fraction of sp³-hybridized carbons (Fsp3) is 0.261. The fourth-order valence-electron chi connectivity index (χ4n) is 3.49. The van der Waals surface area contributed by atoms with E-state index in [0.29, 0.717) is 12.2 Å². The van der Waals surface area contributed by atoms with Gasteiger partial charge in [0.1, 0.15) is 17.8 Å². The molecule has 0 saturated carbocycles. The summed E-state index contributed by atoms with van der Waals surface area (Å²) in [6.07, 6.45) is 1.48. The Hall–Kier alpha value is -3.25. The molecule has 0 aliphatic carbocycles. The predicted octanol–water partition coefficient (Wildman–Crippen LogP) is 2.73. The Morgan fingerprint density at radius 1 is 0.862 bits per heavy atom. The van der Waals surface area contributed by atoms with Crippen LogP contribution in [0.3, 0.4) is 0 Å². The summed E-state index contributed by atoms with van der Waals surface area (Å²) in [5, 5.41) is 2.92. The molecule has 6 heteroatoms. The lowest BCUT2D eigenvalue weighted by atomic mass is 10.2. The van der Waals surface area contributed by atoms with Gasteiger partial charge in [0.25, 0.3) is 5.91 Å². The molecule has 1 aliphatic rings. The molecule has 1 amide bonds. The number of carbonyl (C=O) groups excluding carboxylic acids is 1. The predicted molar refractivity (Wildman–Crippen MR) is 114 cm³/mol. The molecular weight excluding hydrogens is 362 g/mol. The summed E-state index contributed by atoms with van der Waals surface area (Å²) in [5.74, 6) is 0.629. The Morgan fingerprint density at radius 2 is 1.52 bits per heavy atom. The van der Waals surface area contributed by atoms with E-state index in [1.54, 1.807) is 6.07 Å². The van der Waals surface area contributed by atoms with Crippen molar-refractivity contribution < 1.29 is 4.79 Å². The number of anilines is 1. The van der Waals surface area contributed by atoms with Crippen LogP contribution >= 0.6 is 0 Å². The van der Waals surface area contributed by atoms with Gasteiger partial charge in [-0.3, -0.25) is 9.69 Å². The normalized spacial score (nSPS) is 14.6. The number of benzene rings is 2. The number of aromatic nitrogens is 2. The quantitative estimate of drug-likeness (QED) is 0.705. The first-order valence-corrected chi connectivity index (χ1v) is 9.93. The second-order valence-corrected chi connectivity index (χ2v) is 7.18. The zero-order valence-corrected chi connectivity index (χ0v) is 16.4. The van der Waals surface area contributed by atoms with Crippen LogP contribution in [0.4, 0.5) is 5.82 Å². The van der Waals surface area contributed by atoms with E-state index in [0.717, 1.165) is 44.1 Å². The molecule has 0 atom stereocenters. The van der Waals surface area contributed by atoms with Crippen LogP contribution in [0.1, 0.15) is 21.6 Å². The van der Waals surface area contributed by atoms with Crippen LogP contribution in [0.5, 0.6) is 0 Å². The van der Waals surface area contributed by atoms with Crippen molar-refractivity contribution in [1.29, 1.82) is 0 Å². The van der Waals surface area contributed by atoms with Gasteiger partial charge in [-0.2, -0.15) is 0 Å². The van der Waals surface area contributed by atoms with E-state index in [2.05, 4.69) is 49.4 Å². The molecule has 1 aromatic heterocycles. The highest BCUT2D eigenvalue weighted by molar-refractivity contribution is 5.92. The van der Waals surface area contributed by atoms with Crippen LogP contribution < -0.4 is 10.2 Å². The van der Waals surface area contributed by atoms with Crippen molar-refractivity contribution >= 4 is 11.7 Å². The average molecular weight is 387 g/mol. The molecule has 1 fully saturated rings. The first-order chi connectivity index (χ1) is 14.3. The fourth-order valence-corrected chi connectivity index (χ4v) is 3.49. The minimum Gasteiger partial charge on any atom is -0.354 e. The highest BCUT2D eigenvalue weighted by atomic mass is 16.1. The second-order valence-electron chi connectivity index (χ2n) is 7.18. The number of amides is 1. The maximum absolute atomic E-state index is 12.5. The van der Waals surface area contributed by atoms with Gasteiger partial charge in [-0.25, -0.2) is 9.97 Å². The van der Waals surface area contributed by atoms with Gasteiger partial charge in [0, 0.05) is 45.3 Å². The Morgan fingerprint density at radius 3 is 2.21 bits per heavy atom. The summed E-state index contributed by atoms with van der Waals surface area (Å²) in [6, 6.07) is 22.2. The molecule has 1 saturated heterocycles. The van der Waals surface area contributed by atoms with Gasteiger partial charge in [-0.05, 0) is 11.1 Å². The molecule has 0 bridgehead atoms. The number of hydrogen-bond donors (Lipinski definition) is 1. The summed E-state index contributed by atoms with van der Waals surface area (Å²) >= 11 is 0. The number of nitrogens with zero attached hydrogens (tertiary/aromatic N) is 4. The Kier molecular flexibility index (Phi) is 6.12. The highest BCUT2D eigenvalue weighted by Gasteiger charge is 2.19. The first-order valence-electron chi connectivity index (χ1n) is 9.93. The number of hydrogen-bond acceptors (Lipinski definition) is 5. The molecule has 2 heterocycles. The topological polar surface area (TPSA) is 61.4 Å².